The van der Waals surface area contributed by atoms with Gasteiger partial charge in [0, 0.05) is 5.56 Å². The number of benzene rings is 2. The second kappa shape index (κ2) is 19.2. The number of fused-ring (bicyclic) bond motifs is 1. The zero-order chi connectivity index (χ0) is 30.8. The van der Waals surface area contributed by atoms with Gasteiger partial charge < -0.3 is 32.8 Å². The second-order valence-corrected chi connectivity index (χ2v) is 16.3. The van der Waals surface area contributed by atoms with Crippen molar-refractivity contribution in [3.05, 3.63) is 42.0 Å². The summed E-state index contributed by atoms with van der Waals surface area (Å²) in [5.41, 5.74) is 0.552. The SMILES string of the molecule is CC(=O)CC(=O)c1cccc2cc(OCCOCCOCCOCCOCCOCCO[Si](C)(C)C(C)(C)C)ccc12. The molecule has 10 heteroatoms. The van der Waals surface area contributed by atoms with E-state index in [1.807, 2.05) is 30.3 Å². The van der Waals surface area contributed by atoms with Crippen LogP contribution in [0.15, 0.2) is 36.4 Å². The van der Waals surface area contributed by atoms with Crippen LogP contribution >= 0.6 is 0 Å². The number of Topliss-reactive ketones (excluding diaryl/α,β-unsaturated/α-hetero) is 2. The summed E-state index contributed by atoms with van der Waals surface area (Å²) in [6.07, 6.45) is -0.0913. The second-order valence-electron chi connectivity index (χ2n) is 11.5. The summed E-state index contributed by atoms with van der Waals surface area (Å²) in [6.45, 7) is 18.7. The van der Waals surface area contributed by atoms with Crippen LogP contribution in [0.25, 0.3) is 10.8 Å². The number of carbonyl (C=O) groups is 2. The van der Waals surface area contributed by atoms with Crippen molar-refractivity contribution in [3.63, 3.8) is 0 Å². The van der Waals surface area contributed by atoms with E-state index in [-0.39, 0.29) is 23.0 Å². The van der Waals surface area contributed by atoms with Crippen molar-refractivity contribution in [1.29, 1.82) is 0 Å². The highest BCUT2D eigenvalue weighted by Gasteiger charge is 2.36. The van der Waals surface area contributed by atoms with E-state index in [4.69, 9.17) is 32.8 Å². The summed E-state index contributed by atoms with van der Waals surface area (Å²) in [5.74, 6) is 0.376. The minimum absolute atomic E-state index is 0.0913. The monoisotopic (exact) mass is 606 g/mol. The minimum Gasteiger partial charge on any atom is -0.491 e. The molecule has 0 aliphatic rings. The van der Waals surface area contributed by atoms with Gasteiger partial charge in [0.1, 0.15) is 18.1 Å². The van der Waals surface area contributed by atoms with Crippen molar-refractivity contribution in [2.45, 2.75) is 52.2 Å². The Morgan fingerprint density at radius 1 is 0.690 bits per heavy atom. The molecule has 0 aliphatic carbocycles. The van der Waals surface area contributed by atoms with Gasteiger partial charge in [-0.3, -0.25) is 9.59 Å². The average Bonchev–Trinajstić information content (AvgIpc) is 2.92. The molecule has 236 valence electrons. The van der Waals surface area contributed by atoms with Gasteiger partial charge in [0.2, 0.25) is 0 Å². The summed E-state index contributed by atoms with van der Waals surface area (Å²) >= 11 is 0. The van der Waals surface area contributed by atoms with Gasteiger partial charge in [-0.2, -0.15) is 0 Å². The lowest BCUT2D eigenvalue weighted by Gasteiger charge is -2.36. The Morgan fingerprint density at radius 3 is 1.69 bits per heavy atom. The highest BCUT2D eigenvalue weighted by atomic mass is 28.4. The molecule has 0 saturated heterocycles. The van der Waals surface area contributed by atoms with Crippen LogP contribution < -0.4 is 4.74 Å². The zero-order valence-corrected chi connectivity index (χ0v) is 27.3. The largest absolute Gasteiger partial charge is 0.491 e. The molecule has 9 nitrogen and oxygen atoms in total. The summed E-state index contributed by atoms with van der Waals surface area (Å²) < 4.78 is 39.5. The molecule has 0 radical (unpaired) electrons. The van der Waals surface area contributed by atoms with E-state index < -0.39 is 8.32 Å². The van der Waals surface area contributed by atoms with Gasteiger partial charge in [0.15, 0.2) is 14.1 Å². The molecular formula is C32H50O9Si. The van der Waals surface area contributed by atoms with Crippen molar-refractivity contribution in [1.82, 2.24) is 0 Å². The molecule has 0 saturated carbocycles. The van der Waals surface area contributed by atoms with Crippen LogP contribution in [-0.4, -0.2) is 99.2 Å². The lowest BCUT2D eigenvalue weighted by Crippen LogP contribution is -2.41. The molecule has 2 aromatic carbocycles. The molecule has 0 spiro atoms. The molecule has 0 heterocycles. The molecule has 0 N–H and O–H groups in total. The molecule has 0 aromatic heterocycles. The van der Waals surface area contributed by atoms with E-state index in [2.05, 4.69) is 33.9 Å². The van der Waals surface area contributed by atoms with Gasteiger partial charge in [-0.1, -0.05) is 39.0 Å². The molecule has 42 heavy (non-hydrogen) atoms. The molecule has 2 aromatic rings. The van der Waals surface area contributed by atoms with Gasteiger partial charge in [0.25, 0.3) is 0 Å². The van der Waals surface area contributed by atoms with Crippen LogP contribution in [0.2, 0.25) is 18.1 Å². The Morgan fingerprint density at radius 2 is 1.19 bits per heavy atom. The number of ketones is 2. The van der Waals surface area contributed by atoms with Crippen molar-refractivity contribution >= 4 is 30.7 Å². The number of hydrogen-bond donors (Lipinski definition) is 0. The molecule has 0 fully saturated rings. The summed E-state index contributed by atoms with van der Waals surface area (Å²) in [6, 6.07) is 11.0. The van der Waals surface area contributed by atoms with Crippen LogP contribution in [-0.2, 0) is 32.9 Å². The van der Waals surface area contributed by atoms with E-state index in [1.54, 1.807) is 6.07 Å². The molecule has 2 rings (SSSR count). The first-order chi connectivity index (χ1) is 20.0. The fraction of sp³-hybridized carbons (Fsp3) is 0.625. The van der Waals surface area contributed by atoms with Crippen molar-refractivity contribution < 1.29 is 42.4 Å². The van der Waals surface area contributed by atoms with E-state index in [9.17, 15) is 9.59 Å². The fourth-order valence-corrected chi connectivity index (χ4v) is 4.72. The van der Waals surface area contributed by atoms with Crippen molar-refractivity contribution in [2.24, 2.45) is 0 Å². The number of carbonyl (C=O) groups excluding carboxylic acids is 2. The quantitative estimate of drug-likeness (QED) is 0.0704. The van der Waals surface area contributed by atoms with E-state index >= 15 is 0 Å². The number of rotatable bonds is 23. The number of hydrogen-bond acceptors (Lipinski definition) is 9. The van der Waals surface area contributed by atoms with Gasteiger partial charge >= 0.3 is 0 Å². The summed E-state index contributed by atoms with van der Waals surface area (Å²) in [4.78, 5) is 23.7. The first-order valence-electron chi connectivity index (χ1n) is 14.7. The lowest BCUT2D eigenvalue weighted by molar-refractivity contribution is -0.116. The van der Waals surface area contributed by atoms with Crippen LogP contribution in [0.4, 0.5) is 0 Å². The zero-order valence-electron chi connectivity index (χ0n) is 26.3. The minimum atomic E-state index is -1.71. The Kier molecular flexibility index (Phi) is 16.4. The van der Waals surface area contributed by atoms with Gasteiger partial charge in [0.05, 0.1) is 79.1 Å². The van der Waals surface area contributed by atoms with E-state index in [1.165, 1.54) is 6.92 Å². The first-order valence-corrected chi connectivity index (χ1v) is 17.6. The Labute approximate surface area is 252 Å². The molecular weight excluding hydrogens is 556 g/mol. The third-order valence-corrected chi connectivity index (χ3v) is 11.6. The predicted octanol–water partition coefficient (Wildman–Crippen LogP) is 5.49. The molecule has 0 aliphatic heterocycles. The third-order valence-electron chi connectivity index (χ3n) is 7.04. The summed E-state index contributed by atoms with van der Waals surface area (Å²) in [7, 11) is -1.71. The van der Waals surface area contributed by atoms with Gasteiger partial charge in [-0.05, 0) is 54.0 Å². The third kappa shape index (κ3) is 13.9. The normalized spacial score (nSPS) is 12.1. The highest BCUT2D eigenvalue weighted by molar-refractivity contribution is 6.74. The lowest BCUT2D eigenvalue weighted by atomic mass is 9.99. The van der Waals surface area contributed by atoms with Crippen molar-refractivity contribution in [3.8, 4) is 5.75 Å². The standard InChI is InChI=1S/C32H50O9Si/c1-26(33)24-31(34)30-9-7-8-27-25-28(10-11-29(27)30)40-22-20-38-18-16-36-14-12-35-13-15-37-17-19-39-21-23-41-42(5,6)32(2,3)4/h7-11,25H,12-24H2,1-6H3. The molecule has 0 amide bonds. The predicted molar refractivity (Wildman–Crippen MR) is 166 cm³/mol. The first kappa shape index (κ1) is 36.0. The van der Waals surface area contributed by atoms with Gasteiger partial charge in [-0.25, -0.2) is 0 Å². The fourth-order valence-electron chi connectivity index (χ4n) is 3.69. The Hall–Kier alpha value is -2.18. The smallest absolute Gasteiger partial charge is 0.192 e. The van der Waals surface area contributed by atoms with Crippen LogP contribution in [0.1, 0.15) is 44.5 Å². The van der Waals surface area contributed by atoms with E-state index in [0.29, 0.717) is 90.6 Å². The Bertz CT molecular complexity index is 1080. The Balaban J connectivity index is 1.40. The molecule has 0 atom stereocenters. The topological polar surface area (TPSA) is 98.8 Å². The summed E-state index contributed by atoms with van der Waals surface area (Å²) in [5, 5.41) is 1.91. The van der Waals surface area contributed by atoms with Gasteiger partial charge in [-0.15, -0.1) is 0 Å². The molecule has 0 bridgehead atoms. The maximum Gasteiger partial charge on any atom is 0.192 e. The van der Waals surface area contributed by atoms with Crippen LogP contribution in [0.5, 0.6) is 5.75 Å². The van der Waals surface area contributed by atoms with Crippen LogP contribution in [0, 0.1) is 0 Å². The van der Waals surface area contributed by atoms with Crippen molar-refractivity contribution in [2.75, 3.05) is 79.3 Å². The van der Waals surface area contributed by atoms with E-state index in [0.717, 1.165) is 10.8 Å². The average molecular weight is 607 g/mol. The molecule has 0 unspecified atom stereocenters. The van der Waals surface area contributed by atoms with Crippen LogP contribution in [0.3, 0.4) is 0 Å². The highest BCUT2D eigenvalue weighted by Crippen LogP contribution is 2.36. The number of ether oxygens (including phenoxy) is 6. The maximum atomic E-state index is 12.3. The maximum absolute atomic E-state index is 12.3.